The first kappa shape index (κ1) is 12.6. The number of H-pyrrole nitrogens is 1. The van der Waals surface area contributed by atoms with Crippen molar-refractivity contribution in [3.63, 3.8) is 0 Å². The van der Waals surface area contributed by atoms with Crippen LogP contribution >= 0.6 is 0 Å². The molecule has 0 atom stereocenters. The number of aromatic nitrogens is 2. The van der Waals surface area contributed by atoms with Crippen LogP contribution in [0.2, 0.25) is 0 Å². The molecular formula is C14H25N3. The fourth-order valence-corrected chi connectivity index (χ4v) is 3.29. The van der Waals surface area contributed by atoms with Crippen LogP contribution in [0.25, 0.3) is 0 Å². The molecule has 1 aromatic heterocycles. The van der Waals surface area contributed by atoms with Gasteiger partial charge in [0.15, 0.2) is 0 Å². The first-order valence-corrected chi connectivity index (χ1v) is 6.88. The van der Waals surface area contributed by atoms with Crippen LogP contribution in [0.4, 0.5) is 0 Å². The van der Waals surface area contributed by atoms with Crippen molar-refractivity contribution in [2.24, 2.45) is 11.3 Å². The Bertz CT molecular complexity index is 310. The number of aromatic amines is 1. The molecule has 0 saturated heterocycles. The van der Waals surface area contributed by atoms with Gasteiger partial charge in [-0.2, -0.15) is 0 Å². The molecule has 1 heterocycles. The zero-order chi connectivity index (χ0) is 12.1. The summed E-state index contributed by atoms with van der Waals surface area (Å²) in [7, 11) is 0. The van der Waals surface area contributed by atoms with Crippen LogP contribution in [0, 0.1) is 11.3 Å². The average Bonchev–Trinajstić information content (AvgIpc) is 2.89. The molecule has 3 heteroatoms. The zero-order valence-corrected chi connectivity index (χ0v) is 11.1. The number of rotatable bonds is 6. The summed E-state index contributed by atoms with van der Waals surface area (Å²) in [6.45, 7) is 6.76. The summed E-state index contributed by atoms with van der Waals surface area (Å²) < 4.78 is 0. The Morgan fingerprint density at radius 2 is 2.18 bits per heavy atom. The number of imidazole rings is 1. The van der Waals surface area contributed by atoms with Gasteiger partial charge in [-0.25, -0.2) is 4.98 Å². The van der Waals surface area contributed by atoms with Gasteiger partial charge in [0, 0.05) is 25.0 Å². The van der Waals surface area contributed by atoms with Crippen LogP contribution in [-0.4, -0.2) is 16.5 Å². The van der Waals surface area contributed by atoms with Crippen LogP contribution in [0.1, 0.15) is 51.6 Å². The predicted octanol–water partition coefficient (Wildman–Crippen LogP) is 3.11. The van der Waals surface area contributed by atoms with Gasteiger partial charge in [0.1, 0.15) is 0 Å². The summed E-state index contributed by atoms with van der Waals surface area (Å²) in [5, 5.41) is 3.60. The molecule has 0 radical (unpaired) electrons. The lowest BCUT2D eigenvalue weighted by Crippen LogP contribution is -2.33. The van der Waals surface area contributed by atoms with Crippen molar-refractivity contribution in [2.45, 2.75) is 52.5 Å². The normalized spacial score (nSPS) is 19.0. The van der Waals surface area contributed by atoms with E-state index in [0.29, 0.717) is 5.41 Å². The molecule has 96 valence electrons. The third-order valence-electron chi connectivity index (χ3n) is 3.88. The first-order valence-electron chi connectivity index (χ1n) is 6.88. The number of hydrogen-bond acceptors (Lipinski definition) is 2. The van der Waals surface area contributed by atoms with E-state index in [-0.39, 0.29) is 0 Å². The summed E-state index contributed by atoms with van der Waals surface area (Å²) in [5.74, 6) is 0.807. The van der Waals surface area contributed by atoms with Crippen LogP contribution in [-0.2, 0) is 6.54 Å². The number of hydrogen-bond donors (Lipinski definition) is 2. The van der Waals surface area contributed by atoms with Crippen LogP contribution in [0.5, 0.6) is 0 Å². The lowest BCUT2D eigenvalue weighted by Gasteiger charge is -2.31. The van der Waals surface area contributed by atoms with Crippen molar-refractivity contribution in [3.05, 3.63) is 18.2 Å². The molecule has 0 aromatic carbocycles. The molecule has 0 spiro atoms. The number of nitrogens with one attached hydrogen (secondary N) is 2. The van der Waals surface area contributed by atoms with Crippen molar-refractivity contribution in [1.82, 2.24) is 15.3 Å². The van der Waals surface area contributed by atoms with Crippen molar-refractivity contribution in [1.29, 1.82) is 0 Å². The van der Waals surface area contributed by atoms with Crippen molar-refractivity contribution in [2.75, 3.05) is 6.54 Å². The zero-order valence-electron chi connectivity index (χ0n) is 11.1. The van der Waals surface area contributed by atoms with Crippen molar-refractivity contribution >= 4 is 0 Å². The summed E-state index contributed by atoms with van der Waals surface area (Å²) >= 11 is 0. The highest BCUT2D eigenvalue weighted by Gasteiger charge is 2.33. The largest absolute Gasteiger partial charge is 0.347 e. The average molecular weight is 235 g/mol. The topological polar surface area (TPSA) is 40.7 Å². The van der Waals surface area contributed by atoms with Gasteiger partial charge in [-0.3, -0.25) is 0 Å². The van der Waals surface area contributed by atoms with Crippen LogP contribution < -0.4 is 5.32 Å². The molecule has 3 nitrogen and oxygen atoms in total. The molecular weight excluding hydrogens is 210 g/mol. The molecule has 0 amide bonds. The first-order chi connectivity index (χ1) is 8.20. The lowest BCUT2D eigenvalue weighted by molar-refractivity contribution is 0.223. The fraction of sp³-hybridized carbons (Fsp3) is 0.786. The third kappa shape index (κ3) is 3.56. The lowest BCUT2D eigenvalue weighted by atomic mass is 9.78. The SMILES string of the molecule is CC(C)CC1(CNCc2cnc[nH]2)CCCC1. The molecule has 17 heavy (non-hydrogen) atoms. The summed E-state index contributed by atoms with van der Waals surface area (Å²) in [6.07, 6.45) is 10.6. The predicted molar refractivity (Wildman–Crippen MR) is 70.7 cm³/mol. The molecule has 0 aliphatic heterocycles. The number of nitrogens with zero attached hydrogens (tertiary/aromatic N) is 1. The highest BCUT2D eigenvalue weighted by molar-refractivity contribution is 4.94. The molecule has 1 saturated carbocycles. The maximum atomic E-state index is 4.04. The molecule has 1 aliphatic carbocycles. The summed E-state index contributed by atoms with van der Waals surface area (Å²) in [6, 6.07) is 0. The fourth-order valence-electron chi connectivity index (χ4n) is 3.29. The van der Waals surface area contributed by atoms with E-state index < -0.39 is 0 Å². The monoisotopic (exact) mass is 235 g/mol. The highest BCUT2D eigenvalue weighted by Crippen LogP contribution is 2.42. The van der Waals surface area contributed by atoms with Gasteiger partial charge in [0.05, 0.1) is 6.33 Å². The van der Waals surface area contributed by atoms with Crippen LogP contribution in [0.15, 0.2) is 12.5 Å². The molecule has 1 aromatic rings. The highest BCUT2D eigenvalue weighted by atomic mass is 14.9. The van der Waals surface area contributed by atoms with E-state index >= 15 is 0 Å². The quantitative estimate of drug-likeness (QED) is 0.795. The van der Waals surface area contributed by atoms with Gasteiger partial charge in [-0.15, -0.1) is 0 Å². The van der Waals surface area contributed by atoms with E-state index in [9.17, 15) is 0 Å². The molecule has 0 unspecified atom stereocenters. The van der Waals surface area contributed by atoms with Gasteiger partial charge in [0.2, 0.25) is 0 Å². The standard InChI is InChI=1S/C14H25N3/c1-12(2)7-14(5-3-4-6-14)10-15-8-13-9-16-11-17-13/h9,11-12,15H,3-8,10H2,1-2H3,(H,16,17). The van der Waals surface area contributed by atoms with Gasteiger partial charge in [-0.05, 0) is 30.6 Å². The second-order valence-electron chi connectivity index (χ2n) is 5.99. The van der Waals surface area contributed by atoms with Crippen molar-refractivity contribution in [3.8, 4) is 0 Å². The molecule has 2 rings (SSSR count). The molecule has 0 bridgehead atoms. The minimum atomic E-state index is 0.564. The third-order valence-corrected chi connectivity index (χ3v) is 3.88. The molecule has 1 aliphatic rings. The Balaban J connectivity index is 1.81. The van der Waals surface area contributed by atoms with E-state index in [4.69, 9.17) is 0 Å². The van der Waals surface area contributed by atoms with Gasteiger partial charge >= 0.3 is 0 Å². The maximum absolute atomic E-state index is 4.04. The van der Waals surface area contributed by atoms with E-state index in [0.717, 1.165) is 19.0 Å². The second-order valence-corrected chi connectivity index (χ2v) is 5.99. The summed E-state index contributed by atoms with van der Waals surface area (Å²) in [4.78, 5) is 7.18. The Hall–Kier alpha value is -0.830. The smallest absolute Gasteiger partial charge is 0.0922 e. The minimum Gasteiger partial charge on any atom is -0.347 e. The second kappa shape index (κ2) is 5.67. The molecule has 1 fully saturated rings. The van der Waals surface area contributed by atoms with E-state index in [1.165, 1.54) is 37.8 Å². The van der Waals surface area contributed by atoms with E-state index in [1.807, 2.05) is 6.20 Å². The maximum Gasteiger partial charge on any atom is 0.0922 e. The van der Waals surface area contributed by atoms with Gasteiger partial charge in [-0.1, -0.05) is 26.7 Å². The van der Waals surface area contributed by atoms with E-state index in [2.05, 4.69) is 29.1 Å². The summed E-state index contributed by atoms with van der Waals surface area (Å²) in [5.41, 5.74) is 1.75. The van der Waals surface area contributed by atoms with Gasteiger partial charge < -0.3 is 10.3 Å². The Labute approximate surface area is 104 Å². The Morgan fingerprint density at radius 3 is 2.76 bits per heavy atom. The molecule has 2 N–H and O–H groups in total. The van der Waals surface area contributed by atoms with Crippen LogP contribution in [0.3, 0.4) is 0 Å². The Morgan fingerprint density at radius 1 is 1.41 bits per heavy atom. The minimum absolute atomic E-state index is 0.564. The van der Waals surface area contributed by atoms with Crippen molar-refractivity contribution < 1.29 is 0 Å². The van der Waals surface area contributed by atoms with E-state index in [1.54, 1.807) is 6.33 Å². The Kier molecular flexibility index (Phi) is 4.21. The van der Waals surface area contributed by atoms with Gasteiger partial charge in [0.25, 0.3) is 0 Å².